The van der Waals surface area contributed by atoms with Gasteiger partial charge >= 0.3 is 0 Å². The van der Waals surface area contributed by atoms with Crippen LogP contribution in [-0.4, -0.2) is 36.6 Å². The molecule has 1 heterocycles. The number of hydrogen-bond acceptors (Lipinski definition) is 3. The third-order valence-electron chi connectivity index (χ3n) is 3.31. The summed E-state index contributed by atoms with van der Waals surface area (Å²) in [6.45, 7) is 7.43. The van der Waals surface area contributed by atoms with E-state index in [0.717, 1.165) is 6.42 Å². The van der Waals surface area contributed by atoms with Gasteiger partial charge in [0.1, 0.15) is 5.41 Å². The molecule has 1 saturated heterocycles. The van der Waals surface area contributed by atoms with Crippen molar-refractivity contribution in [3.63, 3.8) is 0 Å². The topological polar surface area (TPSA) is 53.3 Å². The first kappa shape index (κ1) is 13.0. The number of rotatable bonds is 3. The number of ether oxygens (including phenoxy) is 1. The van der Waals surface area contributed by atoms with Crippen molar-refractivity contribution in [1.82, 2.24) is 4.90 Å². The number of nitrogens with zero attached hydrogens (tertiary/aromatic N) is 2. The molecule has 0 aromatic heterocycles. The molecule has 0 N–H and O–H groups in total. The molecule has 2 atom stereocenters. The lowest BCUT2D eigenvalue weighted by Crippen LogP contribution is -2.50. The van der Waals surface area contributed by atoms with E-state index in [9.17, 15) is 4.79 Å². The molecule has 0 spiro atoms. The fourth-order valence-corrected chi connectivity index (χ4v) is 1.78. The minimum Gasteiger partial charge on any atom is -0.375 e. The summed E-state index contributed by atoms with van der Waals surface area (Å²) in [5, 5.41) is 9.08. The highest BCUT2D eigenvalue weighted by Gasteiger charge is 2.37. The van der Waals surface area contributed by atoms with Gasteiger partial charge in [-0.05, 0) is 19.8 Å². The second-order valence-electron chi connectivity index (χ2n) is 4.45. The number of carbonyl (C=O) groups is 1. The Morgan fingerprint density at radius 2 is 2.31 bits per heavy atom. The van der Waals surface area contributed by atoms with Gasteiger partial charge in [-0.1, -0.05) is 13.8 Å². The van der Waals surface area contributed by atoms with Crippen molar-refractivity contribution in [3.05, 3.63) is 0 Å². The average molecular weight is 224 g/mol. The van der Waals surface area contributed by atoms with Gasteiger partial charge in [0, 0.05) is 13.1 Å². The maximum Gasteiger partial charge on any atom is 0.242 e. The summed E-state index contributed by atoms with van der Waals surface area (Å²) < 4.78 is 5.51. The number of hydrogen-bond donors (Lipinski definition) is 0. The Bertz CT molecular complexity index is 298. The van der Waals surface area contributed by atoms with Crippen LogP contribution >= 0.6 is 0 Å². The van der Waals surface area contributed by atoms with Gasteiger partial charge in [-0.25, -0.2) is 0 Å². The summed E-state index contributed by atoms with van der Waals surface area (Å²) in [6.07, 6.45) is 1.58. The zero-order chi connectivity index (χ0) is 12.2. The summed E-state index contributed by atoms with van der Waals surface area (Å²) in [7, 11) is 0. The van der Waals surface area contributed by atoms with E-state index < -0.39 is 5.41 Å². The van der Waals surface area contributed by atoms with Crippen molar-refractivity contribution >= 4 is 5.91 Å². The predicted molar refractivity (Wildman–Crippen MR) is 60.6 cm³/mol. The number of carbonyl (C=O) groups excluding carboxylic acids is 1. The molecule has 0 bridgehead atoms. The summed E-state index contributed by atoms with van der Waals surface area (Å²) in [4.78, 5) is 14.0. The van der Waals surface area contributed by atoms with Crippen molar-refractivity contribution < 1.29 is 9.53 Å². The molecule has 1 aliphatic heterocycles. The number of amides is 1. The fraction of sp³-hybridized carbons (Fsp3) is 0.833. The SMILES string of the molecule is CCC1CN(C(=O)C(C)(C#N)CC)CCO1. The molecular formula is C12H20N2O2. The molecule has 1 amide bonds. The Morgan fingerprint density at radius 3 is 2.81 bits per heavy atom. The Labute approximate surface area is 97.2 Å². The summed E-state index contributed by atoms with van der Waals surface area (Å²) >= 11 is 0. The van der Waals surface area contributed by atoms with E-state index in [1.54, 1.807) is 11.8 Å². The van der Waals surface area contributed by atoms with Gasteiger partial charge in [-0.15, -0.1) is 0 Å². The zero-order valence-corrected chi connectivity index (χ0v) is 10.3. The number of morpholine rings is 1. The first-order valence-electron chi connectivity index (χ1n) is 5.89. The van der Waals surface area contributed by atoms with Gasteiger partial charge in [0.25, 0.3) is 0 Å². The smallest absolute Gasteiger partial charge is 0.242 e. The summed E-state index contributed by atoms with van der Waals surface area (Å²) in [5.41, 5.74) is -0.879. The molecule has 1 fully saturated rings. The van der Waals surface area contributed by atoms with Crippen LogP contribution in [0, 0.1) is 16.7 Å². The first-order valence-corrected chi connectivity index (χ1v) is 5.89. The Hall–Kier alpha value is -1.08. The van der Waals surface area contributed by atoms with E-state index >= 15 is 0 Å². The van der Waals surface area contributed by atoms with Crippen LogP contribution in [0.5, 0.6) is 0 Å². The monoisotopic (exact) mass is 224 g/mol. The third kappa shape index (κ3) is 2.53. The average Bonchev–Trinajstić information content (AvgIpc) is 2.37. The van der Waals surface area contributed by atoms with Crippen LogP contribution in [-0.2, 0) is 9.53 Å². The summed E-state index contributed by atoms with van der Waals surface area (Å²) in [6, 6.07) is 2.13. The van der Waals surface area contributed by atoms with Gasteiger partial charge in [0.05, 0.1) is 18.8 Å². The lowest BCUT2D eigenvalue weighted by Gasteiger charge is -2.36. The minimum absolute atomic E-state index is 0.0562. The van der Waals surface area contributed by atoms with E-state index in [1.165, 1.54) is 0 Å². The molecule has 16 heavy (non-hydrogen) atoms. The van der Waals surface area contributed by atoms with Gasteiger partial charge in [0.15, 0.2) is 0 Å². The van der Waals surface area contributed by atoms with Crippen LogP contribution in [0.3, 0.4) is 0 Å². The molecule has 0 aromatic rings. The molecular weight excluding hydrogens is 204 g/mol. The minimum atomic E-state index is -0.879. The molecule has 0 saturated carbocycles. The quantitative estimate of drug-likeness (QED) is 0.731. The molecule has 0 aliphatic carbocycles. The summed E-state index contributed by atoms with van der Waals surface area (Å²) in [5.74, 6) is -0.0562. The highest BCUT2D eigenvalue weighted by Crippen LogP contribution is 2.24. The van der Waals surface area contributed by atoms with E-state index in [0.29, 0.717) is 26.1 Å². The van der Waals surface area contributed by atoms with Gasteiger partial charge in [-0.2, -0.15) is 5.26 Å². The van der Waals surface area contributed by atoms with Crippen LogP contribution in [0.25, 0.3) is 0 Å². The third-order valence-corrected chi connectivity index (χ3v) is 3.31. The fourth-order valence-electron chi connectivity index (χ4n) is 1.78. The maximum absolute atomic E-state index is 12.2. The Kier molecular flexibility index (Phi) is 4.31. The zero-order valence-electron chi connectivity index (χ0n) is 10.3. The standard InChI is InChI=1S/C12H20N2O2/c1-4-10-8-14(6-7-16-10)11(15)12(3,5-2)9-13/h10H,4-8H2,1-3H3. The molecule has 2 unspecified atom stereocenters. The van der Waals surface area contributed by atoms with Gasteiger partial charge in [-0.3, -0.25) is 4.79 Å². The number of nitriles is 1. The molecule has 0 radical (unpaired) electrons. The van der Waals surface area contributed by atoms with Crippen molar-refractivity contribution in [2.24, 2.45) is 5.41 Å². The van der Waals surface area contributed by atoms with Crippen LogP contribution in [0.4, 0.5) is 0 Å². The van der Waals surface area contributed by atoms with Gasteiger partial charge in [0.2, 0.25) is 5.91 Å². The molecule has 4 nitrogen and oxygen atoms in total. The van der Waals surface area contributed by atoms with E-state index in [-0.39, 0.29) is 12.0 Å². The van der Waals surface area contributed by atoms with E-state index in [1.807, 2.05) is 13.8 Å². The predicted octanol–water partition coefficient (Wildman–Crippen LogP) is 1.56. The Balaban J connectivity index is 2.70. The Morgan fingerprint density at radius 1 is 1.62 bits per heavy atom. The first-order chi connectivity index (χ1) is 7.57. The lowest BCUT2D eigenvalue weighted by molar-refractivity contribution is -0.146. The molecule has 0 aromatic carbocycles. The maximum atomic E-state index is 12.2. The van der Waals surface area contributed by atoms with Crippen LogP contribution in [0.15, 0.2) is 0 Å². The van der Waals surface area contributed by atoms with Crippen molar-refractivity contribution in [1.29, 1.82) is 5.26 Å². The largest absolute Gasteiger partial charge is 0.375 e. The second kappa shape index (κ2) is 5.31. The highest BCUT2D eigenvalue weighted by atomic mass is 16.5. The molecule has 1 aliphatic rings. The van der Waals surface area contributed by atoms with Crippen LogP contribution in [0.2, 0.25) is 0 Å². The normalized spacial score (nSPS) is 24.6. The molecule has 90 valence electrons. The van der Waals surface area contributed by atoms with Gasteiger partial charge < -0.3 is 9.64 Å². The van der Waals surface area contributed by atoms with E-state index in [4.69, 9.17) is 10.00 Å². The molecule has 1 rings (SSSR count). The molecule has 4 heteroatoms. The van der Waals surface area contributed by atoms with Crippen molar-refractivity contribution in [3.8, 4) is 6.07 Å². The van der Waals surface area contributed by atoms with Crippen molar-refractivity contribution in [2.45, 2.75) is 39.7 Å². The van der Waals surface area contributed by atoms with Crippen molar-refractivity contribution in [2.75, 3.05) is 19.7 Å². The highest BCUT2D eigenvalue weighted by molar-refractivity contribution is 5.85. The van der Waals surface area contributed by atoms with Crippen LogP contribution in [0.1, 0.15) is 33.6 Å². The lowest BCUT2D eigenvalue weighted by atomic mass is 9.87. The van der Waals surface area contributed by atoms with Crippen LogP contribution < -0.4 is 0 Å². The second-order valence-corrected chi connectivity index (χ2v) is 4.45. The van der Waals surface area contributed by atoms with E-state index in [2.05, 4.69) is 6.07 Å².